The second kappa shape index (κ2) is 9.92. The van der Waals surface area contributed by atoms with Crippen LogP contribution < -0.4 is 14.4 Å². The number of nitrogens with one attached hydrogen (secondary N) is 1. The highest BCUT2D eigenvalue weighted by atomic mass is 32.2. The molecule has 9 nitrogen and oxygen atoms in total. The minimum absolute atomic E-state index is 0.0797. The van der Waals surface area contributed by atoms with Crippen molar-refractivity contribution in [1.82, 2.24) is 0 Å². The minimum Gasteiger partial charge on any atom is -0.495 e. The van der Waals surface area contributed by atoms with Gasteiger partial charge in [0.2, 0.25) is 0 Å². The molecule has 1 N–H and O–H groups in total. The van der Waals surface area contributed by atoms with Gasteiger partial charge in [-0.15, -0.1) is 0 Å². The highest BCUT2D eigenvalue weighted by Gasteiger charge is 2.25. The molecule has 178 valence electrons. The van der Waals surface area contributed by atoms with Crippen LogP contribution in [0.5, 0.6) is 5.75 Å². The van der Waals surface area contributed by atoms with Gasteiger partial charge in [0.15, 0.2) is 0 Å². The number of hydrogen-bond donors (Lipinski definition) is 1. The summed E-state index contributed by atoms with van der Waals surface area (Å²) in [4.78, 5) is 23.7. The molecule has 0 heterocycles. The van der Waals surface area contributed by atoms with Crippen molar-refractivity contribution in [3.05, 3.63) is 87.5 Å². The number of rotatable bonds is 8. The first kappa shape index (κ1) is 24.7. The molecule has 0 aliphatic heterocycles. The summed E-state index contributed by atoms with van der Waals surface area (Å²) < 4.78 is 33.0. The number of carbonyl (C=O) groups excluding carboxylic acids is 1. The van der Waals surface area contributed by atoms with Crippen molar-refractivity contribution in [3.8, 4) is 5.75 Å². The van der Waals surface area contributed by atoms with E-state index in [1.807, 2.05) is 0 Å². The van der Waals surface area contributed by atoms with Crippen LogP contribution in [0.4, 0.5) is 17.1 Å². The molecule has 34 heavy (non-hydrogen) atoms. The van der Waals surface area contributed by atoms with Crippen molar-refractivity contribution in [3.63, 3.8) is 0 Å². The molecular weight excluding hydrogens is 458 g/mol. The van der Waals surface area contributed by atoms with Crippen LogP contribution in [0.2, 0.25) is 0 Å². The Hall–Kier alpha value is -3.92. The fraction of sp³-hybridized carbons (Fsp3) is 0.208. The van der Waals surface area contributed by atoms with Crippen LogP contribution in [0.1, 0.15) is 28.4 Å². The van der Waals surface area contributed by atoms with Gasteiger partial charge in [0, 0.05) is 29.9 Å². The molecule has 0 radical (unpaired) electrons. The van der Waals surface area contributed by atoms with Crippen molar-refractivity contribution in [2.45, 2.75) is 25.2 Å². The summed E-state index contributed by atoms with van der Waals surface area (Å²) in [6.45, 7) is 3.48. The number of ether oxygens (including phenoxy) is 1. The molecule has 0 fully saturated rings. The maximum Gasteiger partial charge on any atom is 0.274 e. The zero-order valence-electron chi connectivity index (χ0n) is 19.2. The predicted octanol–water partition coefficient (Wildman–Crippen LogP) is 4.55. The Labute approximate surface area is 198 Å². The molecule has 1 amide bonds. The second-order valence-electron chi connectivity index (χ2n) is 7.53. The molecule has 0 spiro atoms. The molecule has 3 rings (SSSR count). The maximum absolute atomic E-state index is 13.3. The lowest BCUT2D eigenvalue weighted by molar-refractivity contribution is -0.385. The average molecular weight is 484 g/mol. The summed E-state index contributed by atoms with van der Waals surface area (Å²) >= 11 is 0. The highest BCUT2D eigenvalue weighted by molar-refractivity contribution is 7.92. The van der Waals surface area contributed by atoms with Crippen LogP contribution in [0, 0.1) is 17.0 Å². The molecule has 0 bridgehead atoms. The predicted molar refractivity (Wildman–Crippen MR) is 130 cm³/mol. The molecule has 0 saturated carbocycles. The fourth-order valence-electron chi connectivity index (χ4n) is 3.49. The number of anilines is 2. The number of benzene rings is 3. The van der Waals surface area contributed by atoms with Gasteiger partial charge in [0.25, 0.3) is 21.6 Å². The number of nitro groups is 1. The summed E-state index contributed by atoms with van der Waals surface area (Å²) in [5.41, 5.74) is 1.74. The minimum atomic E-state index is -4.01. The Bertz CT molecular complexity index is 1350. The third-order valence-corrected chi connectivity index (χ3v) is 7.22. The Balaban J connectivity index is 1.95. The smallest absolute Gasteiger partial charge is 0.274 e. The van der Waals surface area contributed by atoms with Crippen molar-refractivity contribution >= 4 is 33.0 Å². The van der Waals surface area contributed by atoms with Gasteiger partial charge in [-0.05, 0) is 49.2 Å². The molecule has 0 saturated heterocycles. The van der Waals surface area contributed by atoms with Gasteiger partial charge < -0.3 is 10.1 Å². The molecule has 0 aromatic heterocycles. The van der Waals surface area contributed by atoms with E-state index in [4.69, 9.17) is 4.74 Å². The first-order valence-corrected chi connectivity index (χ1v) is 11.9. The van der Waals surface area contributed by atoms with Crippen LogP contribution in [0.25, 0.3) is 0 Å². The van der Waals surface area contributed by atoms with Crippen molar-refractivity contribution in [1.29, 1.82) is 0 Å². The Kier molecular flexibility index (Phi) is 7.21. The van der Waals surface area contributed by atoms with E-state index in [2.05, 4.69) is 5.32 Å². The third kappa shape index (κ3) is 4.86. The van der Waals surface area contributed by atoms with E-state index in [9.17, 15) is 23.3 Å². The molecule has 0 aliphatic rings. The topological polar surface area (TPSA) is 119 Å². The zero-order chi connectivity index (χ0) is 25.0. The largest absolute Gasteiger partial charge is 0.495 e. The van der Waals surface area contributed by atoms with Gasteiger partial charge in [-0.2, -0.15) is 0 Å². The molecule has 10 heteroatoms. The lowest BCUT2D eigenvalue weighted by Gasteiger charge is -2.22. The van der Waals surface area contributed by atoms with Crippen LogP contribution in [0.15, 0.2) is 65.6 Å². The number of para-hydroxylation sites is 2. The van der Waals surface area contributed by atoms with E-state index in [-0.39, 0.29) is 21.8 Å². The van der Waals surface area contributed by atoms with Gasteiger partial charge in [0.1, 0.15) is 5.75 Å². The van der Waals surface area contributed by atoms with Crippen LogP contribution in [-0.4, -0.2) is 33.4 Å². The SMILES string of the molecule is CCc1ccc(NC(=O)c2cc(S(=O)(=O)N(C)c3ccccc3OC)ccc2C)cc1[N+](=O)[O-]. The number of methoxy groups -OCH3 is 1. The van der Waals surface area contributed by atoms with Crippen molar-refractivity contribution in [2.24, 2.45) is 0 Å². The van der Waals surface area contributed by atoms with E-state index in [0.29, 0.717) is 29.0 Å². The molecule has 0 atom stereocenters. The van der Waals surface area contributed by atoms with Crippen molar-refractivity contribution < 1.29 is 22.9 Å². The fourth-order valence-corrected chi connectivity index (χ4v) is 4.73. The van der Waals surface area contributed by atoms with E-state index >= 15 is 0 Å². The van der Waals surface area contributed by atoms with Crippen molar-refractivity contribution in [2.75, 3.05) is 23.8 Å². The lowest BCUT2D eigenvalue weighted by atomic mass is 10.1. The monoisotopic (exact) mass is 483 g/mol. The summed E-state index contributed by atoms with van der Waals surface area (Å²) in [7, 11) is -1.16. The van der Waals surface area contributed by atoms with Crippen LogP contribution in [0.3, 0.4) is 0 Å². The lowest BCUT2D eigenvalue weighted by Crippen LogP contribution is -2.27. The molecule has 0 unspecified atom stereocenters. The van der Waals surface area contributed by atoms with Gasteiger partial charge in [-0.3, -0.25) is 19.2 Å². The number of carbonyl (C=O) groups is 1. The van der Waals surface area contributed by atoms with Gasteiger partial charge in [-0.1, -0.05) is 31.2 Å². The number of hydrogen-bond acceptors (Lipinski definition) is 6. The van der Waals surface area contributed by atoms with Gasteiger partial charge in [0.05, 0.1) is 22.6 Å². The zero-order valence-corrected chi connectivity index (χ0v) is 20.0. The molecular formula is C24H25N3O6S. The van der Waals surface area contributed by atoms with E-state index in [0.717, 1.165) is 4.31 Å². The summed E-state index contributed by atoms with van der Waals surface area (Å²) in [5.74, 6) is -0.191. The average Bonchev–Trinajstić information content (AvgIpc) is 2.83. The second-order valence-corrected chi connectivity index (χ2v) is 9.50. The normalized spacial score (nSPS) is 11.1. The van der Waals surface area contributed by atoms with Crippen LogP contribution >= 0.6 is 0 Å². The molecule has 3 aromatic rings. The molecule has 0 aliphatic carbocycles. The third-order valence-electron chi connectivity index (χ3n) is 5.46. The number of aryl methyl sites for hydroxylation is 2. The quantitative estimate of drug-likeness (QED) is 0.371. The maximum atomic E-state index is 13.3. The summed E-state index contributed by atoms with van der Waals surface area (Å²) in [5, 5.41) is 14.0. The first-order valence-electron chi connectivity index (χ1n) is 10.4. The Morgan fingerprint density at radius 3 is 2.47 bits per heavy atom. The van der Waals surface area contributed by atoms with Gasteiger partial charge in [-0.25, -0.2) is 8.42 Å². The van der Waals surface area contributed by atoms with Gasteiger partial charge >= 0.3 is 0 Å². The van der Waals surface area contributed by atoms with Crippen LogP contribution in [-0.2, 0) is 16.4 Å². The first-order chi connectivity index (χ1) is 16.1. The number of nitrogens with zero attached hydrogens (tertiary/aromatic N) is 2. The summed E-state index contributed by atoms with van der Waals surface area (Å²) in [6, 6.07) is 15.4. The highest BCUT2D eigenvalue weighted by Crippen LogP contribution is 2.31. The van der Waals surface area contributed by atoms with E-state index in [1.54, 1.807) is 56.3 Å². The standard InChI is InChI=1S/C24H25N3O6S/c1-5-17-11-12-18(14-22(17)27(29)30)25-24(28)20-15-19(13-10-16(20)2)34(31,32)26(3)21-8-6-7-9-23(21)33-4/h6-15H,5H2,1-4H3,(H,25,28). The Morgan fingerprint density at radius 1 is 1.12 bits per heavy atom. The number of sulfonamides is 1. The number of amides is 1. The summed E-state index contributed by atoms with van der Waals surface area (Å²) in [6.07, 6.45) is 0.475. The Morgan fingerprint density at radius 2 is 1.82 bits per heavy atom. The van der Waals surface area contributed by atoms with E-state index < -0.39 is 20.9 Å². The molecule has 3 aromatic carbocycles. The number of nitro benzene ring substituents is 1. The van der Waals surface area contributed by atoms with E-state index in [1.165, 1.54) is 32.4 Å².